The molecule has 0 fully saturated rings. The van der Waals surface area contributed by atoms with Gasteiger partial charge < -0.3 is 15.2 Å². The molecule has 1 aliphatic rings. The van der Waals surface area contributed by atoms with E-state index in [1.807, 2.05) is 48.5 Å². The van der Waals surface area contributed by atoms with Crippen molar-refractivity contribution in [3.8, 4) is 11.1 Å². The molecule has 2 atom stereocenters. The van der Waals surface area contributed by atoms with Crippen LogP contribution in [0.15, 0.2) is 48.5 Å². The molecular formula is C22H25NO5S. The summed E-state index contributed by atoms with van der Waals surface area (Å²) in [5.41, 5.74) is 3.51. The lowest BCUT2D eigenvalue weighted by atomic mass is 9.86. The Hall–Kier alpha value is -2.67. The Bertz CT molecular complexity index is 910. The molecule has 2 N–H and O–H groups in total. The first-order valence-electron chi connectivity index (χ1n) is 9.35. The first kappa shape index (κ1) is 21.0. The van der Waals surface area contributed by atoms with Gasteiger partial charge in [0.25, 0.3) is 0 Å². The van der Waals surface area contributed by atoms with Gasteiger partial charge in [0.15, 0.2) is 0 Å². The molecule has 2 aromatic rings. The lowest BCUT2D eigenvalue weighted by molar-refractivity contribution is -0.142. The van der Waals surface area contributed by atoms with Crippen molar-refractivity contribution in [2.75, 3.05) is 18.6 Å². The van der Waals surface area contributed by atoms with Crippen LogP contribution in [0.4, 0.5) is 4.79 Å². The van der Waals surface area contributed by atoms with Crippen LogP contribution < -0.4 is 5.32 Å². The van der Waals surface area contributed by atoms with Crippen molar-refractivity contribution in [1.29, 1.82) is 0 Å². The van der Waals surface area contributed by atoms with Crippen LogP contribution in [0.2, 0.25) is 0 Å². The number of carboxylic acid groups (broad SMARTS) is 1. The molecule has 1 aliphatic carbocycles. The molecule has 0 bridgehead atoms. The van der Waals surface area contributed by atoms with E-state index in [-0.39, 0.29) is 18.3 Å². The molecule has 7 heteroatoms. The third-order valence-corrected chi connectivity index (χ3v) is 6.36. The van der Waals surface area contributed by atoms with Gasteiger partial charge in [-0.25, -0.2) is 9.59 Å². The second kappa shape index (κ2) is 8.37. The molecule has 29 heavy (non-hydrogen) atoms. The van der Waals surface area contributed by atoms with Gasteiger partial charge in [0.05, 0.1) is 0 Å². The lowest BCUT2D eigenvalue weighted by Gasteiger charge is -2.30. The third kappa shape index (κ3) is 4.50. The van der Waals surface area contributed by atoms with Crippen molar-refractivity contribution in [2.45, 2.75) is 25.8 Å². The van der Waals surface area contributed by atoms with Crippen LogP contribution in [0.5, 0.6) is 0 Å². The normalized spacial score (nSPS) is 15.1. The van der Waals surface area contributed by atoms with Gasteiger partial charge in [0, 0.05) is 34.1 Å². The molecule has 0 aliphatic heterocycles. The van der Waals surface area contributed by atoms with E-state index in [1.54, 1.807) is 13.8 Å². The van der Waals surface area contributed by atoms with E-state index in [4.69, 9.17) is 4.74 Å². The van der Waals surface area contributed by atoms with Crippen LogP contribution in [0.25, 0.3) is 11.1 Å². The molecule has 2 aromatic carbocycles. The number of rotatable bonds is 7. The second-order valence-electron chi connectivity index (χ2n) is 7.95. The van der Waals surface area contributed by atoms with E-state index in [9.17, 15) is 18.9 Å². The maximum Gasteiger partial charge on any atom is 0.407 e. The minimum atomic E-state index is -1.21. The summed E-state index contributed by atoms with van der Waals surface area (Å²) in [6.45, 7) is 3.43. The van der Waals surface area contributed by atoms with Gasteiger partial charge in [-0.3, -0.25) is 4.21 Å². The van der Waals surface area contributed by atoms with Gasteiger partial charge in [-0.2, -0.15) is 0 Å². The number of hydrogen-bond acceptors (Lipinski definition) is 4. The van der Waals surface area contributed by atoms with E-state index in [0.29, 0.717) is 0 Å². The molecule has 154 valence electrons. The molecule has 0 unspecified atom stereocenters. The molecule has 0 spiro atoms. The first-order chi connectivity index (χ1) is 13.7. The minimum absolute atomic E-state index is 0.104. The zero-order valence-corrected chi connectivity index (χ0v) is 17.5. The number of nitrogens with one attached hydrogen (secondary N) is 1. The lowest BCUT2D eigenvalue weighted by Crippen LogP contribution is -2.52. The zero-order valence-electron chi connectivity index (χ0n) is 16.7. The Labute approximate surface area is 172 Å². The highest BCUT2D eigenvalue weighted by molar-refractivity contribution is 7.84. The number of carbonyl (C=O) groups is 2. The van der Waals surface area contributed by atoms with E-state index >= 15 is 0 Å². The number of amides is 1. The van der Waals surface area contributed by atoms with E-state index < -0.39 is 34.3 Å². The smallest absolute Gasteiger partial charge is 0.407 e. The molecule has 0 aromatic heterocycles. The van der Waals surface area contributed by atoms with Crippen LogP contribution in [0.1, 0.15) is 30.9 Å². The van der Waals surface area contributed by atoms with E-state index in [1.165, 1.54) is 6.26 Å². The molecule has 6 nitrogen and oxygen atoms in total. The summed E-state index contributed by atoms with van der Waals surface area (Å²) in [7, 11) is -1.20. The summed E-state index contributed by atoms with van der Waals surface area (Å²) in [6, 6.07) is 14.8. The summed E-state index contributed by atoms with van der Waals surface area (Å²) in [4.78, 5) is 24.1. The summed E-state index contributed by atoms with van der Waals surface area (Å²) in [5, 5.41) is 12.0. The molecule has 1 amide bonds. The Morgan fingerprint density at radius 2 is 1.62 bits per heavy atom. The fraction of sp³-hybridized carbons (Fsp3) is 0.364. The largest absolute Gasteiger partial charge is 0.480 e. The van der Waals surface area contributed by atoms with Crippen molar-refractivity contribution >= 4 is 22.9 Å². The first-order valence-corrected chi connectivity index (χ1v) is 11.1. The third-order valence-electron chi connectivity index (χ3n) is 5.21. The van der Waals surface area contributed by atoms with Crippen LogP contribution in [0.3, 0.4) is 0 Å². The highest BCUT2D eigenvalue weighted by Crippen LogP contribution is 2.44. The highest BCUT2D eigenvalue weighted by Gasteiger charge is 2.38. The van der Waals surface area contributed by atoms with Crippen molar-refractivity contribution in [3.05, 3.63) is 59.7 Å². The van der Waals surface area contributed by atoms with Gasteiger partial charge in [0.2, 0.25) is 0 Å². The SMILES string of the molecule is C[S@@](=O)CC(C)(C)[C@H](NC(=O)OCC1c2ccccc2-c2ccccc21)C(=O)O. The Balaban J connectivity index is 1.72. The highest BCUT2D eigenvalue weighted by atomic mass is 32.2. The average molecular weight is 416 g/mol. The van der Waals surface area contributed by atoms with Gasteiger partial charge in [-0.05, 0) is 22.3 Å². The molecule has 0 saturated carbocycles. The Morgan fingerprint density at radius 1 is 1.10 bits per heavy atom. The predicted molar refractivity (Wildman–Crippen MR) is 112 cm³/mol. The van der Waals surface area contributed by atoms with E-state index in [0.717, 1.165) is 22.3 Å². The fourth-order valence-electron chi connectivity index (χ4n) is 3.96. The topological polar surface area (TPSA) is 92.7 Å². The maximum atomic E-state index is 12.4. The van der Waals surface area contributed by atoms with Crippen molar-refractivity contribution < 1.29 is 23.6 Å². The molecule has 0 saturated heterocycles. The molecular weight excluding hydrogens is 390 g/mol. The standard InChI is InChI=1S/C22H25NO5S/c1-22(2,13-29(3)27)19(20(24)25)23-21(26)28-12-18-16-10-6-4-8-14(16)15-9-5-7-11-17(15)18/h4-11,18-19H,12-13H2,1-3H3,(H,23,26)(H,24,25)/t19-,29-/m1/s1. The Kier molecular flexibility index (Phi) is 6.07. The number of aliphatic carboxylic acids is 1. The predicted octanol–water partition coefficient (Wildman–Crippen LogP) is 3.38. The van der Waals surface area contributed by atoms with Crippen LogP contribution in [-0.2, 0) is 20.3 Å². The number of ether oxygens (including phenoxy) is 1. The average Bonchev–Trinajstić information content (AvgIpc) is 2.97. The number of benzene rings is 2. The van der Waals surface area contributed by atoms with Gasteiger partial charge in [-0.15, -0.1) is 0 Å². The van der Waals surface area contributed by atoms with Crippen LogP contribution >= 0.6 is 0 Å². The Morgan fingerprint density at radius 3 is 2.10 bits per heavy atom. The van der Waals surface area contributed by atoms with Crippen molar-refractivity contribution in [1.82, 2.24) is 5.32 Å². The molecule has 3 rings (SSSR count). The zero-order chi connectivity index (χ0) is 21.2. The quantitative estimate of drug-likeness (QED) is 0.723. The fourth-order valence-corrected chi connectivity index (χ4v) is 5.17. The van der Waals surface area contributed by atoms with Crippen molar-refractivity contribution in [3.63, 3.8) is 0 Å². The number of carbonyl (C=O) groups excluding carboxylic acids is 1. The number of fused-ring (bicyclic) bond motifs is 3. The number of alkyl carbamates (subject to hydrolysis) is 1. The summed E-state index contributed by atoms with van der Waals surface area (Å²) < 4.78 is 17.0. The number of hydrogen-bond donors (Lipinski definition) is 2. The van der Waals surface area contributed by atoms with E-state index in [2.05, 4.69) is 5.32 Å². The molecule has 0 radical (unpaired) electrons. The monoisotopic (exact) mass is 415 g/mol. The summed E-state index contributed by atoms with van der Waals surface area (Å²) in [5.74, 6) is -1.14. The second-order valence-corrected chi connectivity index (χ2v) is 9.38. The maximum absolute atomic E-state index is 12.4. The van der Waals surface area contributed by atoms with Gasteiger partial charge >= 0.3 is 12.1 Å². The van der Waals surface area contributed by atoms with Gasteiger partial charge in [-0.1, -0.05) is 62.4 Å². The minimum Gasteiger partial charge on any atom is -0.480 e. The summed E-state index contributed by atoms with van der Waals surface area (Å²) >= 11 is 0. The van der Waals surface area contributed by atoms with Crippen molar-refractivity contribution in [2.24, 2.45) is 5.41 Å². The molecule has 0 heterocycles. The summed E-state index contributed by atoms with van der Waals surface area (Å²) in [6.07, 6.45) is 0.711. The van der Waals surface area contributed by atoms with Crippen LogP contribution in [0, 0.1) is 5.41 Å². The van der Waals surface area contributed by atoms with Crippen LogP contribution in [-0.4, -0.2) is 46.0 Å². The number of carboxylic acids is 1. The van der Waals surface area contributed by atoms with Gasteiger partial charge in [0.1, 0.15) is 12.6 Å².